The first kappa shape index (κ1) is 18.5. The standard InChI is InChI=1S/C25H22N4O/c1-16-21-11-10-20-22(17-7-6-12-27-15-17)29(2)28-24(20)25(21,13-18(14-26)23(16)30)19-8-4-3-5-9-19/h3-9,12-13,15-16,21H,10-11H2,1-2H3/t16?,21?,25-/m1/s1. The van der Waals surface area contributed by atoms with Gasteiger partial charge in [0.2, 0.25) is 0 Å². The van der Waals surface area contributed by atoms with Gasteiger partial charge in [-0.05, 0) is 42.5 Å². The van der Waals surface area contributed by atoms with Gasteiger partial charge in [0.1, 0.15) is 6.07 Å². The van der Waals surface area contributed by atoms with Crippen LogP contribution in [0.25, 0.3) is 11.3 Å². The number of carbonyl (C=O) groups is 1. The maximum absolute atomic E-state index is 12.9. The number of carbonyl (C=O) groups excluding carboxylic acids is 1. The molecule has 0 fully saturated rings. The van der Waals surface area contributed by atoms with Crippen molar-refractivity contribution in [3.05, 3.63) is 83.3 Å². The van der Waals surface area contributed by atoms with Crippen LogP contribution in [-0.4, -0.2) is 20.5 Å². The molecule has 1 aromatic carbocycles. The first-order valence-electron chi connectivity index (χ1n) is 10.3. The average molecular weight is 394 g/mol. The highest BCUT2D eigenvalue weighted by atomic mass is 16.1. The third-order valence-corrected chi connectivity index (χ3v) is 6.79. The minimum atomic E-state index is -0.592. The molecule has 30 heavy (non-hydrogen) atoms. The number of benzene rings is 1. The Balaban J connectivity index is 1.85. The molecule has 2 aliphatic rings. The summed E-state index contributed by atoms with van der Waals surface area (Å²) in [4.78, 5) is 17.2. The van der Waals surface area contributed by atoms with E-state index in [0.29, 0.717) is 0 Å². The molecule has 2 aromatic heterocycles. The second-order valence-corrected chi connectivity index (χ2v) is 8.24. The minimum absolute atomic E-state index is 0.0547. The molecular formula is C25H22N4O. The fourth-order valence-electron chi connectivity index (χ4n) is 5.49. The summed E-state index contributed by atoms with van der Waals surface area (Å²) in [6, 6.07) is 16.4. The molecular weight excluding hydrogens is 372 g/mol. The number of fused-ring (bicyclic) bond motifs is 3. The van der Waals surface area contributed by atoms with Gasteiger partial charge in [-0.25, -0.2) is 0 Å². The van der Waals surface area contributed by atoms with E-state index in [0.717, 1.165) is 35.4 Å². The Morgan fingerprint density at radius 3 is 2.70 bits per heavy atom. The molecule has 5 heteroatoms. The molecule has 5 rings (SSSR count). The van der Waals surface area contributed by atoms with E-state index in [1.54, 1.807) is 6.20 Å². The second-order valence-electron chi connectivity index (χ2n) is 8.24. The number of aryl methyl sites for hydroxylation is 1. The first-order chi connectivity index (χ1) is 14.6. The number of rotatable bonds is 2. The minimum Gasteiger partial charge on any atom is -0.293 e. The van der Waals surface area contributed by atoms with Crippen molar-refractivity contribution in [2.75, 3.05) is 0 Å². The molecule has 0 amide bonds. The zero-order chi connectivity index (χ0) is 20.9. The van der Waals surface area contributed by atoms with E-state index in [9.17, 15) is 10.1 Å². The number of allylic oxidation sites excluding steroid dienone is 2. The Morgan fingerprint density at radius 1 is 1.20 bits per heavy atom. The summed E-state index contributed by atoms with van der Waals surface area (Å²) < 4.78 is 1.93. The molecule has 2 unspecified atom stereocenters. The molecule has 0 N–H and O–H groups in total. The zero-order valence-electron chi connectivity index (χ0n) is 17.0. The zero-order valence-corrected chi connectivity index (χ0v) is 17.0. The highest BCUT2D eigenvalue weighted by Crippen LogP contribution is 2.54. The summed E-state index contributed by atoms with van der Waals surface area (Å²) in [5, 5.41) is 14.8. The Kier molecular flexibility index (Phi) is 4.18. The van der Waals surface area contributed by atoms with E-state index in [4.69, 9.17) is 5.10 Å². The smallest absolute Gasteiger partial charge is 0.176 e. The number of hydrogen-bond acceptors (Lipinski definition) is 4. The van der Waals surface area contributed by atoms with Gasteiger partial charge in [0.05, 0.1) is 22.4 Å². The van der Waals surface area contributed by atoms with Gasteiger partial charge in [-0.3, -0.25) is 14.5 Å². The van der Waals surface area contributed by atoms with Gasteiger partial charge >= 0.3 is 0 Å². The van der Waals surface area contributed by atoms with E-state index in [-0.39, 0.29) is 23.2 Å². The van der Waals surface area contributed by atoms with E-state index in [1.807, 2.05) is 55.2 Å². The molecule has 0 saturated carbocycles. The van der Waals surface area contributed by atoms with Crippen molar-refractivity contribution in [2.45, 2.75) is 25.2 Å². The highest BCUT2D eigenvalue weighted by Gasteiger charge is 2.53. The number of nitrogens with zero attached hydrogens (tertiary/aromatic N) is 4. The third kappa shape index (κ3) is 2.43. The quantitative estimate of drug-likeness (QED) is 0.659. The van der Waals surface area contributed by atoms with Gasteiger partial charge in [-0.15, -0.1) is 0 Å². The van der Waals surface area contributed by atoms with Crippen molar-refractivity contribution in [2.24, 2.45) is 18.9 Å². The lowest BCUT2D eigenvalue weighted by Gasteiger charge is -2.47. The lowest BCUT2D eigenvalue weighted by atomic mass is 9.54. The van der Waals surface area contributed by atoms with Crippen molar-refractivity contribution in [1.82, 2.24) is 14.8 Å². The maximum atomic E-state index is 12.9. The summed E-state index contributed by atoms with van der Waals surface area (Å²) in [5.74, 6) is -0.226. The van der Waals surface area contributed by atoms with E-state index >= 15 is 0 Å². The van der Waals surface area contributed by atoms with Gasteiger partial charge in [-0.2, -0.15) is 10.4 Å². The molecule has 3 atom stereocenters. The normalized spacial score (nSPS) is 25.1. The van der Waals surface area contributed by atoms with Crippen molar-refractivity contribution in [3.8, 4) is 17.3 Å². The Labute approximate surface area is 175 Å². The monoisotopic (exact) mass is 394 g/mol. The molecule has 0 aliphatic heterocycles. The van der Waals surface area contributed by atoms with Crippen molar-refractivity contribution in [1.29, 1.82) is 5.26 Å². The van der Waals surface area contributed by atoms with Gasteiger partial charge in [0, 0.05) is 36.5 Å². The molecule has 0 saturated heterocycles. The number of Topliss-reactive ketones (excluding diaryl/α,β-unsaturated/α-hetero) is 1. The lowest BCUT2D eigenvalue weighted by molar-refractivity contribution is -0.121. The predicted molar refractivity (Wildman–Crippen MR) is 113 cm³/mol. The molecule has 148 valence electrons. The number of nitriles is 1. The fourth-order valence-corrected chi connectivity index (χ4v) is 5.49. The molecule has 0 radical (unpaired) electrons. The third-order valence-electron chi connectivity index (χ3n) is 6.79. The van der Waals surface area contributed by atoms with Crippen molar-refractivity contribution >= 4 is 5.78 Å². The van der Waals surface area contributed by atoms with Crippen LogP contribution in [0.3, 0.4) is 0 Å². The number of pyridine rings is 1. The van der Waals surface area contributed by atoms with Crippen LogP contribution in [0.15, 0.2) is 66.5 Å². The first-order valence-corrected chi connectivity index (χ1v) is 10.3. The van der Waals surface area contributed by atoms with E-state index in [1.165, 1.54) is 5.56 Å². The topological polar surface area (TPSA) is 71.6 Å². The Hall–Kier alpha value is -3.52. The molecule has 2 aliphatic carbocycles. The van der Waals surface area contributed by atoms with E-state index in [2.05, 4.69) is 29.3 Å². The van der Waals surface area contributed by atoms with Crippen LogP contribution < -0.4 is 0 Å². The summed E-state index contributed by atoms with van der Waals surface area (Å²) in [6.45, 7) is 1.96. The van der Waals surface area contributed by atoms with Crippen LogP contribution >= 0.6 is 0 Å². The Morgan fingerprint density at radius 2 is 2.00 bits per heavy atom. The summed E-state index contributed by atoms with van der Waals surface area (Å²) in [6.07, 6.45) is 7.24. The van der Waals surface area contributed by atoms with E-state index < -0.39 is 5.41 Å². The van der Waals surface area contributed by atoms with Gasteiger partial charge in [0.15, 0.2) is 5.78 Å². The van der Waals surface area contributed by atoms with Gasteiger partial charge in [-0.1, -0.05) is 37.3 Å². The summed E-state index contributed by atoms with van der Waals surface area (Å²) in [5.41, 5.74) is 4.95. The van der Waals surface area contributed by atoms with Crippen LogP contribution in [0.4, 0.5) is 0 Å². The average Bonchev–Trinajstić information content (AvgIpc) is 3.13. The molecule has 3 aromatic rings. The number of ketones is 1. The largest absolute Gasteiger partial charge is 0.293 e. The van der Waals surface area contributed by atoms with Crippen molar-refractivity contribution in [3.63, 3.8) is 0 Å². The van der Waals surface area contributed by atoms with Gasteiger partial charge < -0.3 is 0 Å². The maximum Gasteiger partial charge on any atom is 0.176 e. The summed E-state index contributed by atoms with van der Waals surface area (Å²) >= 11 is 0. The lowest BCUT2D eigenvalue weighted by Crippen LogP contribution is -2.48. The van der Waals surface area contributed by atoms with Crippen LogP contribution in [0.1, 0.15) is 30.2 Å². The predicted octanol–water partition coefficient (Wildman–Crippen LogP) is 4.00. The fraction of sp³-hybridized carbons (Fsp3) is 0.280. The van der Waals surface area contributed by atoms with Crippen LogP contribution in [0, 0.1) is 23.2 Å². The van der Waals surface area contributed by atoms with Crippen LogP contribution in [-0.2, 0) is 23.7 Å². The van der Waals surface area contributed by atoms with Gasteiger partial charge in [0.25, 0.3) is 0 Å². The van der Waals surface area contributed by atoms with Crippen LogP contribution in [0.2, 0.25) is 0 Å². The molecule has 2 heterocycles. The van der Waals surface area contributed by atoms with Crippen molar-refractivity contribution < 1.29 is 4.79 Å². The number of hydrogen-bond donors (Lipinski definition) is 0. The SMILES string of the molecule is CC1C(=O)C(C#N)=C[C@]2(c3ccccc3)c3nn(C)c(-c4cccnc4)c3CCC12. The second kappa shape index (κ2) is 6.77. The van der Waals surface area contributed by atoms with Crippen LogP contribution in [0.5, 0.6) is 0 Å². The Bertz CT molecular complexity index is 1200. The number of aromatic nitrogens is 3. The molecule has 0 bridgehead atoms. The summed E-state index contributed by atoms with van der Waals surface area (Å²) in [7, 11) is 1.96. The molecule has 5 nitrogen and oxygen atoms in total. The molecule has 0 spiro atoms. The highest BCUT2D eigenvalue weighted by molar-refractivity contribution is 6.02.